The first-order chi connectivity index (χ1) is 18.5. The Hall–Kier alpha value is -4.15. The number of hydrogen-bond acceptors (Lipinski definition) is 7. The minimum absolute atomic E-state index is 0.174. The number of carbonyl (C=O) groups excluding carboxylic acids is 2. The molecule has 0 aliphatic carbocycles. The molecule has 208 valence electrons. The molecule has 11 nitrogen and oxygen atoms in total. The van der Waals surface area contributed by atoms with Crippen LogP contribution in [0.4, 0.5) is 10.7 Å². The molecule has 0 saturated carbocycles. The summed E-state index contributed by atoms with van der Waals surface area (Å²) in [6.45, 7) is 8.43. The van der Waals surface area contributed by atoms with E-state index >= 15 is 0 Å². The second-order valence-electron chi connectivity index (χ2n) is 10.7. The van der Waals surface area contributed by atoms with Crippen molar-refractivity contribution in [3.8, 4) is 0 Å². The van der Waals surface area contributed by atoms with Crippen LogP contribution in [0, 0.1) is 0 Å². The normalized spacial score (nSPS) is 16.1. The Morgan fingerprint density at radius 1 is 1.15 bits per heavy atom. The summed E-state index contributed by atoms with van der Waals surface area (Å²) in [6, 6.07) is 8.40. The number of nitrogens with one attached hydrogen (secondary N) is 1. The molecular formula is C28H36N6O5. The van der Waals surface area contributed by atoms with Crippen LogP contribution in [0.3, 0.4) is 0 Å². The molecule has 1 saturated heterocycles. The van der Waals surface area contributed by atoms with Gasteiger partial charge < -0.3 is 19.5 Å². The zero-order valence-corrected chi connectivity index (χ0v) is 23.1. The minimum Gasteiger partial charge on any atom is -0.444 e. The molecule has 1 fully saturated rings. The molecule has 0 bridgehead atoms. The molecule has 2 aromatic heterocycles. The number of rotatable bonds is 7. The summed E-state index contributed by atoms with van der Waals surface area (Å²) in [5.41, 5.74) is -0.871. The van der Waals surface area contributed by atoms with Gasteiger partial charge in [-0.2, -0.15) is 4.98 Å². The number of alkyl carbamates (subject to hydrolysis) is 1. The molecule has 1 aliphatic rings. The summed E-state index contributed by atoms with van der Waals surface area (Å²) in [5.74, 6) is 0.194. The first-order valence-electron chi connectivity index (χ1n) is 13.1. The van der Waals surface area contributed by atoms with E-state index in [0.717, 1.165) is 17.4 Å². The number of ether oxygens (including phenoxy) is 1. The summed E-state index contributed by atoms with van der Waals surface area (Å²) in [4.78, 5) is 58.9. The number of ketones is 1. The molecule has 1 N–H and O–H groups in total. The van der Waals surface area contributed by atoms with E-state index in [2.05, 4.69) is 5.32 Å². The predicted molar refractivity (Wildman–Crippen MR) is 149 cm³/mol. The van der Waals surface area contributed by atoms with Crippen LogP contribution in [-0.2, 0) is 24.9 Å². The molecule has 0 radical (unpaired) electrons. The second kappa shape index (κ2) is 11.3. The maximum Gasteiger partial charge on any atom is 0.407 e. The molecule has 4 rings (SSSR count). The number of hydrogen-bond donors (Lipinski definition) is 1. The van der Waals surface area contributed by atoms with Crippen molar-refractivity contribution < 1.29 is 14.3 Å². The van der Waals surface area contributed by atoms with Crippen LogP contribution in [0.15, 0.2) is 52.1 Å². The van der Waals surface area contributed by atoms with Gasteiger partial charge in [0.2, 0.25) is 5.95 Å². The first-order valence-corrected chi connectivity index (χ1v) is 13.1. The molecule has 39 heavy (non-hydrogen) atoms. The molecule has 1 aromatic carbocycles. The highest BCUT2D eigenvalue weighted by atomic mass is 16.6. The van der Waals surface area contributed by atoms with E-state index < -0.39 is 22.9 Å². The van der Waals surface area contributed by atoms with Gasteiger partial charge in [0.25, 0.3) is 5.56 Å². The van der Waals surface area contributed by atoms with Gasteiger partial charge in [-0.05, 0) is 40.5 Å². The summed E-state index contributed by atoms with van der Waals surface area (Å²) in [6.07, 6.45) is 4.86. The van der Waals surface area contributed by atoms with Crippen LogP contribution >= 0.6 is 0 Å². The smallest absolute Gasteiger partial charge is 0.407 e. The number of imidazole rings is 1. The van der Waals surface area contributed by atoms with Crippen LogP contribution < -0.4 is 21.5 Å². The van der Waals surface area contributed by atoms with Crippen molar-refractivity contribution in [1.82, 2.24) is 24.0 Å². The molecule has 1 amide bonds. The summed E-state index contributed by atoms with van der Waals surface area (Å²) in [5, 5.41) is 2.94. The summed E-state index contributed by atoms with van der Waals surface area (Å²) in [7, 11) is 1.55. The number of allylic oxidation sites excluding steroid dienone is 2. The second-order valence-corrected chi connectivity index (χ2v) is 10.7. The number of piperidine rings is 1. The van der Waals surface area contributed by atoms with E-state index in [0.29, 0.717) is 31.1 Å². The van der Waals surface area contributed by atoms with Crippen molar-refractivity contribution in [3.05, 3.63) is 68.9 Å². The zero-order chi connectivity index (χ0) is 28.3. The van der Waals surface area contributed by atoms with Gasteiger partial charge >= 0.3 is 11.8 Å². The summed E-state index contributed by atoms with van der Waals surface area (Å²) >= 11 is 0. The minimum atomic E-state index is -0.609. The zero-order valence-electron chi connectivity index (χ0n) is 23.1. The lowest BCUT2D eigenvalue weighted by molar-refractivity contribution is 0.0499. The van der Waals surface area contributed by atoms with Gasteiger partial charge in [-0.3, -0.25) is 18.7 Å². The topological polar surface area (TPSA) is 120 Å². The molecule has 0 spiro atoms. The Labute approximate surface area is 226 Å². The quantitative estimate of drug-likeness (QED) is 0.364. The Balaban J connectivity index is 1.73. The van der Waals surface area contributed by atoms with Crippen molar-refractivity contribution in [3.63, 3.8) is 0 Å². The fraction of sp³-hybridized carbons (Fsp3) is 0.464. The average Bonchev–Trinajstić information content (AvgIpc) is 3.28. The lowest BCUT2D eigenvalue weighted by Gasteiger charge is -2.34. The Kier molecular flexibility index (Phi) is 8.08. The van der Waals surface area contributed by atoms with Crippen molar-refractivity contribution in [1.29, 1.82) is 0 Å². The molecule has 3 aromatic rings. The van der Waals surface area contributed by atoms with Crippen LogP contribution in [0.1, 0.15) is 50.9 Å². The Bertz CT molecular complexity index is 1510. The van der Waals surface area contributed by atoms with E-state index in [9.17, 15) is 19.2 Å². The van der Waals surface area contributed by atoms with Gasteiger partial charge in [0.05, 0.1) is 6.54 Å². The number of Topliss-reactive ketones (excluding diaryl/α,β-unsaturated/α-hetero) is 1. The molecule has 1 atom stereocenters. The van der Waals surface area contributed by atoms with E-state index in [1.165, 1.54) is 4.57 Å². The highest BCUT2D eigenvalue weighted by Crippen LogP contribution is 2.24. The van der Waals surface area contributed by atoms with E-state index in [4.69, 9.17) is 9.72 Å². The number of carbonyl (C=O) groups is 2. The molecular weight excluding hydrogens is 500 g/mol. The molecule has 1 unspecified atom stereocenters. The van der Waals surface area contributed by atoms with Crippen molar-refractivity contribution in [2.75, 3.05) is 18.0 Å². The number of aryl methyl sites for hydroxylation is 1. The van der Waals surface area contributed by atoms with Gasteiger partial charge in [0.15, 0.2) is 16.9 Å². The van der Waals surface area contributed by atoms with Crippen molar-refractivity contribution in [2.24, 2.45) is 7.05 Å². The third-order valence-electron chi connectivity index (χ3n) is 6.56. The standard InChI is InChI=1S/C28H36N6O5/c1-6-7-16-33-22-23(30-25(33)32-15-11-14-20(17-32)29-26(37)39-28(2,3)4)31(5)27(38)34(24(22)36)18-21(35)19-12-9-8-10-13-19/h6-10,12-13,20H,11,14-18H2,1-5H3,(H,29,37)/b7-6-. The fourth-order valence-electron chi connectivity index (χ4n) is 4.73. The fourth-order valence-corrected chi connectivity index (χ4v) is 4.73. The predicted octanol–water partition coefficient (Wildman–Crippen LogP) is 2.85. The number of anilines is 1. The molecule has 3 heterocycles. The van der Waals surface area contributed by atoms with Crippen LogP contribution in [-0.4, -0.2) is 55.3 Å². The van der Waals surface area contributed by atoms with Crippen LogP contribution in [0.2, 0.25) is 0 Å². The number of benzene rings is 1. The molecule has 11 heteroatoms. The van der Waals surface area contributed by atoms with Gasteiger partial charge in [-0.15, -0.1) is 0 Å². The Morgan fingerprint density at radius 3 is 2.54 bits per heavy atom. The van der Waals surface area contributed by atoms with Gasteiger partial charge in [0.1, 0.15) is 5.60 Å². The van der Waals surface area contributed by atoms with Gasteiger partial charge in [-0.1, -0.05) is 42.5 Å². The van der Waals surface area contributed by atoms with Gasteiger partial charge in [0, 0.05) is 38.3 Å². The van der Waals surface area contributed by atoms with Crippen molar-refractivity contribution >= 4 is 29.0 Å². The van der Waals surface area contributed by atoms with Crippen LogP contribution in [0.5, 0.6) is 0 Å². The SMILES string of the molecule is C/C=C\Cn1c(N2CCCC(NC(=O)OC(C)(C)C)C2)nc2c1c(=O)n(CC(=O)c1ccccc1)c(=O)n2C. The largest absolute Gasteiger partial charge is 0.444 e. The van der Waals surface area contributed by atoms with E-state index in [-0.39, 0.29) is 29.5 Å². The number of nitrogens with zero attached hydrogens (tertiary/aromatic N) is 5. The maximum atomic E-state index is 13.7. The third kappa shape index (κ3) is 6.13. The summed E-state index contributed by atoms with van der Waals surface area (Å²) < 4.78 is 9.47. The van der Waals surface area contributed by atoms with Gasteiger partial charge in [-0.25, -0.2) is 9.59 Å². The third-order valence-corrected chi connectivity index (χ3v) is 6.56. The highest BCUT2D eigenvalue weighted by Gasteiger charge is 2.29. The number of fused-ring (bicyclic) bond motifs is 1. The van der Waals surface area contributed by atoms with E-state index in [1.54, 1.807) is 41.9 Å². The van der Waals surface area contributed by atoms with Crippen molar-refractivity contribution in [2.45, 2.75) is 65.3 Å². The number of amides is 1. The maximum absolute atomic E-state index is 13.7. The average molecular weight is 537 g/mol. The monoisotopic (exact) mass is 536 g/mol. The first kappa shape index (κ1) is 27.9. The Morgan fingerprint density at radius 2 is 1.87 bits per heavy atom. The van der Waals surface area contributed by atoms with Crippen LogP contribution in [0.25, 0.3) is 11.2 Å². The highest BCUT2D eigenvalue weighted by molar-refractivity contribution is 5.96. The molecule has 1 aliphatic heterocycles. The lowest BCUT2D eigenvalue weighted by Crippen LogP contribution is -2.49. The number of aromatic nitrogens is 4. The van der Waals surface area contributed by atoms with E-state index in [1.807, 2.05) is 44.7 Å². The lowest BCUT2D eigenvalue weighted by atomic mass is 10.1.